The molecule has 1 aliphatic rings. The molecule has 0 bridgehead atoms. The Morgan fingerprint density at radius 1 is 0.950 bits per heavy atom. The first-order valence-electron chi connectivity index (χ1n) is 7.00. The highest BCUT2D eigenvalue weighted by Crippen LogP contribution is 2.18. The first-order chi connectivity index (χ1) is 9.40. The normalized spacial score (nSPS) is 16.3. The molecule has 0 aliphatic carbocycles. The van der Waals surface area contributed by atoms with E-state index < -0.39 is 0 Å². The smallest absolute Gasteiger partial charge is 0.295 e. The number of rotatable bonds is 2. The van der Waals surface area contributed by atoms with Gasteiger partial charge in [0.1, 0.15) is 0 Å². The van der Waals surface area contributed by atoms with E-state index in [1.807, 2.05) is 40.0 Å². The quantitative estimate of drug-likeness (QED) is 0.607. The van der Waals surface area contributed by atoms with Crippen LogP contribution >= 0.6 is 0 Å². The number of hydrogen-bond acceptors (Lipinski definition) is 3. The molecule has 1 aromatic carbocycles. The summed E-state index contributed by atoms with van der Waals surface area (Å²) in [6, 6.07) is 3.91. The van der Waals surface area contributed by atoms with Crippen molar-refractivity contribution in [1.82, 2.24) is 9.80 Å². The first-order valence-corrected chi connectivity index (χ1v) is 7.00. The number of ketones is 1. The fraction of sp³-hybridized carbons (Fsp3) is 0.500. The topological polar surface area (TPSA) is 40.6 Å². The minimum absolute atomic E-state index is 0.367. The Bertz CT molecular complexity index is 520. The molecule has 1 saturated heterocycles. The Balaban J connectivity index is 2.21. The molecule has 1 fully saturated rings. The van der Waals surface area contributed by atoms with Crippen LogP contribution in [0.15, 0.2) is 12.1 Å². The summed E-state index contributed by atoms with van der Waals surface area (Å²) in [6.07, 6.45) is 0. The van der Waals surface area contributed by atoms with E-state index in [2.05, 4.69) is 4.90 Å². The molecule has 0 unspecified atom stereocenters. The summed E-state index contributed by atoms with van der Waals surface area (Å²) in [5, 5.41) is 0. The average Bonchev–Trinajstić information content (AvgIpc) is 2.37. The number of carbonyl (C=O) groups excluding carboxylic acids is 2. The summed E-state index contributed by atoms with van der Waals surface area (Å²) in [5.41, 5.74) is 3.45. The van der Waals surface area contributed by atoms with Crippen LogP contribution in [-0.2, 0) is 4.79 Å². The van der Waals surface area contributed by atoms with Gasteiger partial charge in [0.25, 0.3) is 11.7 Å². The third kappa shape index (κ3) is 2.90. The maximum Gasteiger partial charge on any atom is 0.295 e. The predicted molar refractivity (Wildman–Crippen MR) is 79.1 cm³/mol. The Kier molecular flexibility index (Phi) is 4.23. The van der Waals surface area contributed by atoms with Crippen LogP contribution in [-0.4, -0.2) is 54.7 Å². The lowest BCUT2D eigenvalue weighted by Gasteiger charge is -2.32. The molecule has 2 rings (SSSR count). The Morgan fingerprint density at radius 2 is 1.45 bits per heavy atom. The van der Waals surface area contributed by atoms with Crippen LogP contribution in [0.4, 0.5) is 0 Å². The Labute approximate surface area is 120 Å². The van der Waals surface area contributed by atoms with Gasteiger partial charge in [-0.15, -0.1) is 0 Å². The van der Waals surface area contributed by atoms with Crippen LogP contribution in [0.2, 0.25) is 0 Å². The number of likely N-dealkylation sites (N-methyl/N-ethyl adjacent to an activating group) is 1. The summed E-state index contributed by atoms with van der Waals surface area (Å²) in [5.74, 6) is -0.738. The van der Waals surface area contributed by atoms with E-state index in [4.69, 9.17) is 0 Å². The van der Waals surface area contributed by atoms with E-state index in [1.54, 1.807) is 4.90 Å². The zero-order valence-electron chi connectivity index (χ0n) is 12.7. The van der Waals surface area contributed by atoms with E-state index in [0.29, 0.717) is 18.7 Å². The SMILES string of the molecule is Cc1cc(C)c(C(=O)C(=O)N2CCN(C)CC2)c(C)c1. The highest BCUT2D eigenvalue weighted by Gasteiger charge is 2.27. The van der Waals surface area contributed by atoms with E-state index >= 15 is 0 Å². The van der Waals surface area contributed by atoms with Gasteiger partial charge in [-0.3, -0.25) is 9.59 Å². The molecule has 0 spiro atoms. The first kappa shape index (κ1) is 14.7. The van der Waals surface area contributed by atoms with Crippen LogP contribution in [0, 0.1) is 20.8 Å². The minimum atomic E-state index is -0.371. The number of hydrogen-bond donors (Lipinski definition) is 0. The summed E-state index contributed by atoms with van der Waals surface area (Å²) in [4.78, 5) is 28.7. The number of amides is 1. The van der Waals surface area contributed by atoms with Crippen molar-refractivity contribution < 1.29 is 9.59 Å². The fourth-order valence-corrected chi connectivity index (χ4v) is 2.80. The summed E-state index contributed by atoms with van der Waals surface area (Å²) in [6.45, 7) is 8.69. The predicted octanol–water partition coefficient (Wildman–Crippen LogP) is 1.57. The lowest BCUT2D eigenvalue weighted by atomic mass is 9.96. The van der Waals surface area contributed by atoms with Crippen molar-refractivity contribution in [2.24, 2.45) is 0 Å². The molecule has 108 valence electrons. The van der Waals surface area contributed by atoms with Crippen LogP contribution in [0.25, 0.3) is 0 Å². The third-order valence-electron chi connectivity index (χ3n) is 3.89. The molecule has 0 radical (unpaired) electrons. The second kappa shape index (κ2) is 5.75. The second-order valence-electron chi connectivity index (χ2n) is 5.70. The van der Waals surface area contributed by atoms with Gasteiger partial charge in [0.05, 0.1) is 0 Å². The van der Waals surface area contributed by atoms with Crippen molar-refractivity contribution in [3.05, 3.63) is 34.4 Å². The Hall–Kier alpha value is -1.68. The molecule has 1 aliphatic heterocycles. The van der Waals surface area contributed by atoms with E-state index in [-0.39, 0.29) is 11.7 Å². The van der Waals surface area contributed by atoms with Gasteiger partial charge in [0.15, 0.2) is 0 Å². The van der Waals surface area contributed by atoms with Gasteiger partial charge in [-0.05, 0) is 38.9 Å². The van der Waals surface area contributed by atoms with Gasteiger partial charge in [-0.2, -0.15) is 0 Å². The lowest BCUT2D eigenvalue weighted by molar-refractivity contribution is -0.127. The molecule has 20 heavy (non-hydrogen) atoms. The van der Waals surface area contributed by atoms with Crippen molar-refractivity contribution in [2.45, 2.75) is 20.8 Å². The standard InChI is InChI=1S/C16H22N2O2/c1-11-9-12(2)14(13(3)10-11)15(19)16(20)18-7-5-17(4)6-8-18/h9-10H,5-8H2,1-4H3. The zero-order chi connectivity index (χ0) is 14.9. The van der Waals surface area contributed by atoms with Gasteiger partial charge < -0.3 is 9.80 Å². The fourth-order valence-electron chi connectivity index (χ4n) is 2.80. The molecule has 1 aromatic rings. The highest BCUT2D eigenvalue weighted by molar-refractivity contribution is 6.43. The van der Waals surface area contributed by atoms with Crippen LogP contribution in [0.3, 0.4) is 0 Å². The highest BCUT2D eigenvalue weighted by atomic mass is 16.2. The molecule has 0 N–H and O–H groups in total. The molecule has 0 saturated carbocycles. The molecule has 1 amide bonds. The van der Waals surface area contributed by atoms with Crippen molar-refractivity contribution >= 4 is 11.7 Å². The summed E-state index contributed by atoms with van der Waals surface area (Å²) < 4.78 is 0. The van der Waals surface area contributed by atoms with Crippen molar-refractivity contribution in [3.63, 3.8) is 0 Å². The monoisotopic (exact) mass is 274 g/mol. The number of aryl methyl sites for hydroxylation is 3. The third-order valence-corrected chi connectivity index (χ3v) is 3.89. The van der Waals surface area contributed by atoms with Crippen molar-refractivity contribution in [2.75, 3.05) is 33.2 Å². The summed E-state index contributed by atoms with van der Waals surface area (Å²) >= 11 is 0. The van der Waals surface area contributed by atoms with Crippen molar-refractivity contribution in [1.29, 1.82) is 0 Å². The largest absolute Gasteiger partial charge is 0.333 e. The molecule has 0 aromatic heterocycles. The second-order valence-corrected chi connectivity index (χ2v) is 5.70. The van der Waals surface area contributed by atoms with Gasteiger partial charge in [-0.25, -0.2) is 0 Å². The van der Waals surface area contributed by atoms with Crippen LogP contribution < -0.4 is 0 Å². The minimum Gasteiger partial charge on any atom is -0.333 e. The van der Waals surface area contributed by atoms with Crippen molar-refractivity contribution in [3.8, 4) is 0 Å². The van der Waals surface area contributed by atoms with E-state index in [1.165, 1.54) is 0 Å². The lowest BCUT2D eigenvalue weighted by Crippen LogP contribution is -2.49. The number of nitrogens with zero attached hydrogens (tertiary/aromatic N) is 2. The summed E-state index contributed by atoms with van der Waals surface area (Å²) in [7, 11) is 2.03. The maximum atomic E-state index is 12.5. The molecular weight excluding hydrogens is 252 g/mol. The Morgan fingerprint density at radius 3 is 1.95 bits per heavy atom. The number of carbonyl (C=O) groups is 2. The molecule has 1 heterocycles. The molecule has 0 atom stereocenters. The van der Waals surface area contributed by atoms with Gasteiger partial charge in [-0.1, -0.05) is 17.7 Å². The molecule has 4 heteroatoms. The molecule has 4 nitrogen and oxygen atoms in total. The van der Waals surface area contributed by atoms with Crippen LogP contribution in [0.1, 0.15) is 27.0 Å². The number of benzene rings is 1. The number of Topliss-reactive ketones (excluding diaryl/α,β-unsaturated/α-hetero) is 1. The van der Waals surface area contributed by atoms with E-state index in [0.717, 1.165) is 29.8 Å². The average molecular weight is 274 g/mol. The van der Waals surface area contributed by atoms with Gasteiger partial charge in [0.2, 0.25) is 0 Å². The van der Waals surface area contributed by atoms with Gasteiger partial charge in [0, 0.05) is 31.7 Å². The maximum absolute atomic E-state index is 12.5. The number of piperazine rings is 1. The van der Waals surface area contributed by atoms with E-state index in [9.17, 15) is 9.59 Å². The van der Waals surface area contributed by atoms with Gasteiger partial charge >= 0.3 is 0 Å². The zero-order valence-corrected chi connectivity index (χ0v) is 12.7. The molecular formula is C16H22N2O2. The van der Waals surface area contributed by atoms with Crippen LogP contribution in [0.5, 0.6) is 0 Å².